The van der Waals surface area contributed by atoms with Crippen molar-refractivity contribution in [3.8, 4) is 11.3 Å². The zero-order valence-electron chi connectivity index (χ0n) is 11.6. The molecule has 0 aliphatic carbocycles. The average molecular weight is 250 g/mol. The van der Waals surface area contributed by atoms with Crippen molar-refractivity contribution in [3.05, 3.63) is 54.1 Å². The minimum atomic E-state index is 1.18. The first-order chi connectivity index (χ1) is 9.22. The third-order valence-electron chi connectivity index (χ3n) is 3.74. The van der Waals surface area contributed by atoms with Gasteiger partial charge in [-0.2, -0.15) is 0 Å². The molecular weight excluding hydrogens is 232 g/mol. The Balaban J connectivity index is 2.35. The molecule has 0 aliphatic rings. The highest BCUT2D eigenvalue weighted by atomic mass is 15.0. The zero-order chi connectivity index (χ0) is 13.4. The standard InChI is InChI=1S/C17H18N2/c1-12-9-10-15(18-2)14-11-16(19(3)17(12)14)13-7-5-4-6-8-13/h4-11,18H,1-3H3. The smallest absolute Gasteiger partial charge is 0.0533 e. The normalized spacial score (nSPS) is 10.9. The third-order valence-corrected chi connectivity index (χ3v) is 3.74. The highest BCUT2D eigenvalue weighted by Crippen LogP contribution is 2.33. The van der Waals surface area contributed by atoms with Crippen molar-refractivity contribution >= 4 is 16.6 Å². The van der Waals surface area contributed by atoms with Crippen LogP contribution in [-0.2, 0) is 7.05 Å². The first-order valence-corrected chi connectivity index (χ1v) is 6.54. The van der Waals surface area contributed by atoms with Crippen molar-refractivity contribution in [2.45, 2.75) is 6.92 Å². The Labute approximate surface area is 113 Å². The van der Waals surface area contributed by atoms with Crippen LogP contribution < -0.4 is 5.32 Å². The van der Waals surface area contributed by atoms with Crippen LogP contribution in [0.15, 0.2) is 48.5 Å². The number of fused-ring (bicyclic) bond motifs is 1. The molecule has 2 aromatic carbocycles. The lowest BCUT2D eigenvalue weighted by molar-refractivity contribution is 0.973. The van der Waals surface area contributed by atoms with Gasteiger partial charge < -0.3 is 9.88 Å². The second kappa shape index (κ2) is 4.47. The van der Waals surface area contributed by atoms with Crippen LogP contribution in [0, 0.1) is 6.92 Å². The Morgan fingerprint density at radius 3 is 2.42 bits per heavy atom. The Morgan fingerprint density at radius 2 is 1.74 bits per heavy atom. The molecule has 2 nitrogen and oxygen atoms in total. The topological polar surface area (TPSA) is 17.0 Å². The summed E-state index contributed by atoms with van der Waals surface area (Å²) in [5, 5.41) is 4.56. The Morgan fingerprint density at radius 1 is 1.00 bits per heavy atom. The van der Waals surface area contributed by atoms with Crippen LogP contribution in [0.4, 0.5) is 5.69 Å². The fourth-order valence-corrected chi connectivity index (χ4v) is 2.77. The van der Waals surface area contributed by atoms with Crippen LogP contribution >= 0.6 is 0 Å². The maximum atomic E-state index is 3.28. The first-order valence-electron chi connectivity index (χ1n) is 6.54. The summed E-state index contributed by atoms with van der Waals surface area (Å²) < 4.78 is 2.28. The Kier molecular flexibility index (Phi) is 2.79. The van der Waals surface area contributed by atoms with Gasteiger partial charge in [0.25, 0.3) is 0 Å². The summed E-state index contributed by atoms with van der Waals surface area (Å²) in [7, 11) is 4.11. The van der Waals surface area contributed by atoms with E-state index in [1.54, 1.807) is 0 Å². The van der Waals surface area contributed by atoms with Crippen LogP contribution in [0.3, 0.4) is 0 Å². The largest absolute Gasteiger partial charge is 0.388 e. The fourth-order valence-electron chi connectivity index (χ4n) is 2.77. The molecule has 0 saturated heterocycles. The SMILES string of the molecule is CNc1ccc(C)c2c1cc(-c1ccccc1)n2C. The van der Waals surface area contributed by atoms with Gasteiger partial charge in [-0.1, -0.05) is 36.4 Å². The molecule has 0 atom stereocenters. The van der Waals surface area contributed by atoms with Crippen LogP contribution in [0.25, 0.3) is 22.2 Å². The highest BCUT2D eigenvalue weighted by Gasteiger charge is 2.12. The van der Waals surface area contributed by atoms with Gasteiger partial charge in [-0.15, -0.1) is 0 Å². The van der Waals surface area contributed by atoms with E-state index >= 15 is 0 Å². The van der Waals surface area contributed by atoms with Crippen molar-refractivity contribution in [1.82, 2.24) is 4.57 Å². The van der Waals surface area contributed by atoms with Gasteiger partial charge in [-0.05, 0) is 30.2 Å². The van der Waals surface area contributed by atoms with E-state index in [9.17, 15) is 0 Å². The summed E-state index contributed by atoms with van der Waals surface area (Å²) in [6.45, 7) is 2.16. The van der Waals surface area contributed by atoms with Crippen molar-refractivity contribution in [3.63, 3.8) is 0 Å². The van der Waals surface area contributed by atoms with E-state index in [2.05, 4.69) is 72.4 Å². The molecule has 0 fully saturated rings. The van der Waals surface area contributed by atoms with E-state index in [4.69, 9.17) is 0 Å². The lowest BCUT2D eigenvalue weighted by Gasteiger charge is -2.07. The molecule has 3 rings (SSSR count). The second-order valence-electron chi connectivity index (χ2n) is 4.90. The Bertz CT molecular complexity index is 724. The van der Waals surface area contributed by atoms with Crippen LogP contribution in [-0.4, -0.2) is 11.6 Å². The molecule has 0 bridgehead atoms. The number of anilines is 1. The summed E-state index contributed by atoms with van der Waals surface area (Å²) in [6, 6.07) is 17.1. The predicted octanol–water partition coefficient (Wildman–Crippen LogP) is 4.20. The molecule has 0 aliphatic heterocycles. The number of rotatable bonds is 2. The van der Waals surface area contributed by atoms with Crippen molar-refractivity contribution in [2.24, 2.45) is 7.05 Å². The van der Waals surface area contributed by atoms with Gasteiger partial charge in [-0.3, -0.25) is 0 Å². The monoisotopic (exact) mass is 250 g/mol. The van der Waals surface area contributed by atoms with E-state index in [-0.39, 0.29) is 0 Å². The number of aryl methyl sites for hydroxylation is 2. The molecule has 0 radical (unpaired) electrons. The molecule has 19 heavy (non-hydrogen) atoms. The summed E-state index contributed by atoms with van der Waals surface area (Å²) in [6.07, 6.45) is 0. The molecule has 0 saturated carbocycles. The second-order valence-corrected chi connectivity index (χ2v) is 4.90. The molecule has 96 valence electrons. The molecule has 0 amide bonds. The number of aromatic nitrogens is 1. The van der Waals surface area contributed by atoms with E-state index in [0.29, 0.717) is 0 Å². The van der Waals surface area contributed by atoms with Gasteiger partial charge >= 0.3 is 0 Å². The molecule has 1 heterocycles. The van der Waals surface area contributed by atoms with Crippen molar-refractivity contribution in [2.75, 3.05) is 12.4 Å². The third kappa shape index (κ3) is 1.80. The number of hydrogen-bond donors (Lipinski definition) is 1. The lowest BCUT2D eigenvalue weighted by Crippen LogP contribution is -1.94. The molecule has 2 heteroatoms. The molecule has 1 aromatic heterocycles. The van der Waals surface area contributed by atoms with E-state index in [1.807, 2.05) is 7.05 Å². The maximum absolute atomic E-state index is 3.28. The highest BCUT2D eigenvalue weighted by molar-refractivity contribution is 5.98. The lowest BCUT2D eigenvalue weighted by atomic mass is 10.1. The van der Waals surface area contributed by atoms with Gasteiger partial charge in [0, 0.05) is 30.9 Å². The molecule has 0 spiro atoms. The summed E-state index contributed by atoms with van der Waals surface area (Å²) in [5.74, 6) is 0. The summed E-state index contributed by atoms with van der Waals surface area (Å²) in [4.78, 5) is 0. The van der Waals surface area contributed by atoms with Gasteiger partial charge in [0.1, 0.15) is 0 Å². The van der Waals surface area contributed by atoms with E-state index in [1.165, 1.54) is 33.4 Å². The maximum Gasteiger partial charge on any atom is 0.0533 e. The Hall–Kier alpha value is -2.22. The number of nitrogens with one attached hydrogen (secondary N) is 1. The van der Waals surface area contributed by atoms with Gasteiger partial charge in [-0.25, -0.2) is 0 Å². The number of nitrogens with zero attached hydrogens (tertiary/aromatic N) is 1. The number of hydrogen-bond acceptors (Lipinski definition) is 1. The van der Waals surface area contributed by atoms with Gasteiger partial charge in [0.15, 0.2) is 0 Å². The minimum Gasteiger partial charge on any atom is -0.388 e. The number of benzene rings is 2. The average Bonchev–Trinajstić information content (AvgIpc) is 2.79. The molecule has 1 N–H and O–H groups in total. The molecular formula is C17H18N2. The van der Waals surface area contributed by atoms with E-state index in [0.717, 1.165) is 0 Å². The molecule has 3 aromatic rings. The molecule has 0 unspecified atom stereocenters. The van der Waals surface area contributed by atoms with Crippen LogP contribution in [0.2, 0.25) is 0 Å². The van der Waals surface area contributed by atoms with Gasteiger partial charge in [0.05, 0.1) is 5.52 Å². The summed E-state index contributed by atoms with van der Waals surface area (Å²) in [5.41, 5.74) is 6.28. The van der Waals surface area contributed by atoms with Gasteiger partial charge in [0.2, 0.25) is 0 Å². The first kappa shape index (κ1) is 11.8. The fraction of sp³-hybridized carbons (Fsp3) is 0.176. The van der Waals surface area contributed by atoms with Crippen LogP contribution in [0.1, 0.15) is 5.56 Å². The van der Waals surface area contributed by atoms with Crippen LogP contribution in [0.5, 0.6) is 0 Å². The quantitative estimate of drug-likeness (QED) is 0.721. The predicted molar refractivity (Wildman–Crippen MR) is 82.6 cm³/mol. The summed E-state index contributed by atoms with van der Waals surface area (Å²) >= 11 is 0. The zero-order valence-corrected chi connectivity index (χ0v) is 11.6. The van der Waals surface area contributed by atoms with Crippen molar-refractivity contribution in [1.29, 1.82) is 0 Å². The van der Waals surface area contributed by atoms with Crippen molar-refractivity contribution < 1.29 is 0 Å². The van der Waals surface area contributed by atoms with E-state index < -0.39 is 0 Å². The minimum absolute atomic E-state index is 1.18.